The van der Waals surface area contributed by atoms with E-state index in [2.05, 4.69) is 9.97 Å². The maximum Gasteiger partial charge on any atom is 0.417 e. The van der Waals surface area contributed by atoms with E-state index in [9.17, 15) is 32.0 Å². The molecule has 9 nitrogen and oxygen atoms in total. The standard InChI is InChI=1S/C33H29F6N7O2S/c1-15(47)45-8-5-22-23(45)13-46(22)30-18-9-20(33(37,38)39)25(17-3-4-21(35)28-24(17)19(11-40)29(41)49-28)26(36)27(18)42-31(43-30)48-14-32-6-2-7-44(32)12-16(34)10-32/h3-4,9,16,22-23H,2,5-8,10,12-14,41H2,1H3/t16-,22+,23+,32+/m1/s1. The highest BCUT2D eigenvalue weighted by molar-refractivity contribution is 7.23. The quantitative estimate of drug-likeness (QED) is 0.252. The Morgan fingerprint density at radius 2 is 2.00 bits per heavy atom. The summed E-state index contributed by atoms with van der Waals surface area (Å²) in [6.45, 7) is 3.10. The van der Waals surface area contributed by atoms with Crippen molar-refractivity contribution in [3.05, 3.63) is 41.0 Å². The van der Waals surface area contributed by atoms with Crippen molar-refractivity contribution in [3.63, 3.8) is 0 Å². The Hall–Kier alpha value is -4.36. The summed E-state index contributed by atoms with van der Waals surface area (Å²) in [7, 11) is 0. The second kappa shape index (κ2) is 11.1. The fourth-order valence-electron chi connectivity index (χ4n) is 8.37. The van der Waals surface area contributed by atoms with E-state index in [4.69, 9.17) is 10.5 Å². The number of ether oxygens (including phenoxy) is 1. The van der Waals surface area contributed by atoms with E-state index in [0.717, 1.165) is 24.6 Å². The molecular weight excluding hydrogens is 672 g/mol. The highest BCUT2D eigenvalue weighted by Crippen LogP contribution is 2.49. The Balaban J connectivity index is 1.33. The summed E-state index contributed by atoms with van der Waals surface area (Å²) in [5.74, 6) is -2.30. The number of anilines is 2. The Bertz CT molecular complexity index is 2100. The molecule has 0 saturated carbocycles. The van der Waals surface area contributed by atoms with E-state index < -0.39 is 46.2 Å². The minimum Gasteiger partial charge on any atom is -0.461 e. The van der Waals surface area contributed by atoms with Gasteiger partial charge in [-0.25, -0.2) is 13.2 Å². The summed E-state index contributed by atoms with van der Waals surface area (Å²) >= 11 is 0.683. The third-order valence-electron chi connectivity index (χ3n) is 10.6. The van der Waals surface area contributed by atoms with Crippen LogP contribution in [0.1, 0.15) is 43.7 Å². The van der Waals surface area contributed by atoms with Gasteiger partial charge < -0.3 is 20.3 Å². The van der Waals surface area contributed by atoms with E-state index in [0.29, 0.717) is 37.3 Å². The molecule has 4 atom stereocenters. The molecule has 1 amide bonds. The van der Waals surface area contributed by atoms with Crippen LogP contribution >= 0.6 is 11.3 Å². The number of nitrogens with two attached hydrogens (primary N) is 1. The van der Waals surface area contributed by atoms with Gasteiger partial charge in [0.05, 0.1) is 33.4 Å². The molecule has 2 N–H and O–H groups in total. The number of alkyl halides is 4. The van der Waals surface area contributed by atoms with E-state index >= 15 is 4.39 Å². The molecule has 16 heteroatoms. The third-order valence-corrected chi connectivity index (χ3v) is 11.6. The van der Waals surface area contributed by atoms with Gasteiger partial charge in [0.1, 0.15) is 41.0 Å². The molecule has 8 rings (SSSR count). The molecule has 0 unspecified atom stereocenters. The largest absolute Gasteiger partial charge is 0.461 e. The van der Waals surface area contributed by atoms with Crippen molar-refractivity contribution in [1.82, 2.24) is 19.8 Å². The number of nitriles is 1. The number of nitrogen functional groups attached to an aromatic ring is 1. The lowest BCUT2D eigenvalue weighted by molar-refractivity contribution is -0.137. The molecule has 4 saturated heterocycles. The van der Waals surface area contributed by atoms with E-state index in [1.165, 1.54) is 6.92 Å². The highest BCUT2D eigenvalue weighted by atomic mass is 32.1. The maximum atomic E-state index is 17.0. The molecule has 256 valence electrons. The number of carbonyl (C=O) groups is 1. The first-order valence-corrected chi connectivity index (χ1v) is 16.7. The molecule has 49 heavy (non-hydrogen) atoms. The molecular formula is C33H29F6N7O2S. The maximum absolute atomic E-state index is 17.0. The van der Waals surface area contributed by atoms with Gasteiger partial charge in [-0.15, -0.1) is 11.3 Å². The lowest BCUT2D eigenvalue weighted by Crippen LogP contribution is -2.63. The number of amides is 1. The summed E-state index contributed by atoms with van der Waals surface area (Å²) in [5.41, 5.74) is 1.95. The number of nitrogens with zero attached hydrogens (tertiary/aromatic N) is 6. The Labute approximate surface area is 279 Å². The van der Waals surface area contributed by atoms with Crippen LogP contribution in [0.15, 0.2) is 18.2 Å². The number of hydrogen-bond donors (Lipinski definition) is 1. The number of thiophene rings is 1. The minimum absolute atomic E-state index is 0.00403. The second-order valence-corrected chi connectivity index (χ2v) is 14.3. The Morgan fingerprint density at radius 1 is 1.20 bits per heavy atom. The van der Waals surface area contributed by atoms with Crippen LogP contribution in [0.2, 0.25) is 0 Å². The van der Waals surface area contributed by atoms with Crippen LogP contribution in [0.5, 0.6) is 6.01 Å². The van der Waals surface area contributed by atoms with Crippen molar-refractivity contribution in [3.8, 4) is 23.2 Å². The molecule has 4 aliphatic rings. The van der Waals surface area contributed by atoms with E-state index in [1.54, 1.807) is 9.80 Å². The van der Waals surface area contributed by atoms with Gasteiger partial charge >= 0.3 is 12.2 Å². The summed E-state index contributed by atoms with van der Waals surface area (Å²) in [4.78, 5) is 26.5. The van der Waals surface area contributed by atoms with Gasteiger partial charge in [0, 0.05) is 49.3 Å². The lowest BCUT2D eigenvalue weighted by Gasteiger charge is -2.47. The van der Waals surface area contributed by atoms with Gasteiger partial charge in [-0.05, 0) is 43.5 Å². The number of rotatable bonds is 5. The Morgan fingerprint density at radius 3 is 2.73 bits per heavy atom. The monoisotopic (exact) mass is 701 g/mol. The highest BCUT2D eigenvalue weighted by Gasteiger charge is 2.51. The molecule has 6 heterocycles. The minimum atomic E-state index is -5.10. The van der Waals surface area contributed by atoms with Crippen molar-refractivity contribution < 1.29 is 35.9 Å². The number of aromatic nitrogens is 2. The molecule has 4 aromatic rings. The average Bonchev–Trinajstić information content (AvgIpc) is 3.76. The second-order valence-electron chi connectivity index (χ2n) is 13.2. The van der Waals surface area contributed by atoms with Crippen molar-refractivity contribution in [1.29, 1.82) is 5.26 Å². The van der Waals surface area contributed by atoms with Gasteiger partial charge in [-0.1, -0.05) is 6.07 Å². The van der Waals surface area contributed by atoms with E-state index in [1.807, 2.05) is 11.0 Å². The van der Waals surface area contributed by atoms with Crippen LogP contribution in [0, 0.1) is 23.0 Å². The zero-order valence-electron chi connectivity index (χ0n) is 26.1. The van der Waals surface area contributed by atoms with Crippen LogP contribution in [-0.4, -0.2) is 82.3 Å². The third kappa shape index (κ3) is 4.79. The predicted molar refractivity (Wildman–Crippen MR) is 170 cm³/mol. The van der Waals surface area contributed by atoms with Crippen molar-refractivity contribution >= 4 is 49.1 Å². The van der Waals surface area contributed by atoms with Gasteiger partial charge in [-0.2, -0.15) is 28.4 Å². The normalized spacial score (nSPS) is 25.1. The van der Waals surface area contributed by atoms with Crippen LogP contribution in [0.25, 0.3) is 32.1 Å². The molecule has 0 bridgehead atoms. The first-order chi connectivity index (χ1) is 23.3. The predicted octanol–water partition coefficient (Wildman–Crippen LogP) is 6.03. The number of halogens is 6. The van der Waals surface area contributed by atoms with Crippen LogP contribution < -0.4 is 15.4 Å². The SMILES string of the molecule is CC(=O)N1CC[C@H]2[C@@H]1CN2c1nc(OC[C@@]23CCCN2C[C@H](F)C3)nc2c(F)c(-c3ccc(F)c4sc(N)c(C#N)c34)c(C(F)(F)F)cc12. The van der Waals surface area contributed by atoms with Gasteiger partial charge in [0.25, 0.3) is 0 Å². The number of likely N-dealkylation sites (tertiary alicyclic amines) is 1. The molecule has 4 aliphatic heterocycles. The summed E-state index contributed by atoms with van der Waals surface area (Å²) in [6.07, 6.45) is -3.87. The fourth-order valence-corrected chi connectivity index (χ4v) is 9.32. The molecule has 2 aromatic heterocycles. The molecule has 2 aromatic carbocycles. The molecule has 4 fully saturated rings. The molecule has 0 radical (unpaired) electrons. The Kier molecular flexibility index (Phi) is 7.21. The number of carbonyl (C=O) groups excluding carboxylic acids is 1. The zero-order chi connectivity index (χ0) is 34.6. The van der Waals surface area contributed by atoms with Gasteiger partial charge in [0.2, 0.25) is 5.91 Å². The number of fused-ring (bicyclic) bond motifs is 4. The molecule has 0 spiro atoms. The summed E-state index contributed by atoms with van der Waals surface area (Å²) in [6, 6.07) is 3.75. The smallest absolute Gasteiger partial charge is 0.417 e. The number of benzene rings is 2. The van der Waals surface area contributed by atoms with Crippen molar-refractivity contribution in [2.45, 2.75) is 62.6 Å². The topological polar surface area (TPSA) is 112 Å². The summed E-state index contributed by atoms with van der Waals surface area (Å²) < 4.78 is 97.1. The van der Waals surface area contributed by atoms with Crippen LogP contribution in [0.3, 0.4) is 0 Å². The van der Waals surface area contributed by atoms with E-state index in [-0.39, 0.29) is 87.5 Å². The van der Waals surface area contributed by atoms with Crippen LogP contribution in [-0.2, 0) is 11.0 Å². The number of hydrogen-bond acceptors (Lipinski definition) is 9. The van der Waals surface area contributed by atoms with Crippen molar-refractivity contribution in [2.75, 3.05) is 43.4 Å². The average molecular weight is 702 g/mol. The van der Waals surface area contributed by atoms with Gasteiger partial charge in [-0.3, -0.25) is 9.69 Å². The molecule has 0 aliphatic carbocycles. The van der Waals surface area contributed by atoms with Crippen molar-refractivity contribution in [2.24, 2.45) is 0 Å². The summed E-state index contributed by atoms with van der Waals surface area (Å²) in [5, 5.41) is 9.23. The zero-order valence-corrected chi connectivity index (χ0v) is 26.9. The fraction of sp³-hybridized carbons (Fsp3) is 0.455. The first kappa shape index (κ1) is 31.9. The first-order valence-electron chi connectivity index (χ1n) is 15.9. The van der Waals surface area contributed by atoms with Gasteiger partial charge in [0.15, 0.2) is 5.82 Å². The lowest BCUT2D eigenvalue weighted by atomic mass is 9.91. The van der Waals surface area contributed by atoms with Crippen LogP contribution in [0.4, 0.5) is 37.2 Å².